The van der Waals surface area contributed by atoms with E-state index in [0.717, 1.165) is 22.2 Å². The van der Waals surface area contributed by atoms with Gasteiger partial charge in [-0.25, -0.2) is 0 Å². The fraction of sp³-hybridized carbons (Fsp3) is 0.200. The second-order valence-electron chi connectivity index (χ2n) is 4.18. The number of ether oxygens (including phenoxy) is 1. The first-order valence-corrected chi connectivity index (χ1v) is 6.63. The van der Waals surface area contributed by atoms with Crippen molar-refractivity contribution in [2.45, 2.75) is 12.5 Å². The van der Waals surface area contributed by atoms with Crippen LogP contribution in [0, 0.1) is 0 Å². The lowest BCUT2D eigenvalue weighted by molar-refractivity contribution is 0.405. The molecule has 2 nitrogen and oxygen atoms in total. The van der Waals surface area contributed by atoms with Crippen molar-refractivity contribution in [1.82, 2.24) is 0 Å². The summed E-state index contributed by atoms with van der Waals surface area (Å²) in [5.74, 6) is 0.827. The summed E-state index contributed by atoms with van der Waals surface area (Å²) in [5, 5.41) is 0. The number of methoxy groups -OCH3 is 1. The van der Waals surface area contributed by atoms with Gasteiger partial charge in [-0.2, -0.15) is 0 Å². The van der Waals surface area contributed by atoms with E-state index in [-0.39, 0.29) is 6.04 Å². The van der Waals surface area contributed by atoms with Gasteiger partial charge in [-0.15, -0.1) is 0 Å². The van der Waals surface area contributed by atoms with Gasteiger partial charge in [0.2, 0.25) is 0 Å². The number of rotatable bonds is 4. The Labute approximate surface area is 116 Å². The second kappa shape index (κ2) is 6.03. The highest BCUT2D eigenvalue weighted by molar-refractivity contribution is 9.10. The summed E-state index contributed by atoms with van der Waals surface area (Å²) in [4.78, 5) is 0. The molecule has 0 amide bonds. The third-order valence-corrected chi connectivity index (χ3v) is 3.39. The van der Waals surface area contributed by atoms with E-state index < -0.39 is 0 Å². The molecule has 3 heteroatoms. The second-order valence-corrected chi connectivity index (χ2v) is 5.10. The number of halogens is 1. The molecule has 0 aromatic heterocycles. The lowest BCUT2D eigenvalue weighted by Gasteiger charge is -2.16. The molecule has 2 aromatic carbocycles. The van der Waals surface area contributed by atoms with Crippen LogP contribution in [0.2, 0.25) is 0 Å². The van der Waals surface area contributed by atoms with E-state index in [1.54, 1.807) is 7.11 Å². The van der Waals surface area contributed by atoms with Crippen LogP contribution in [0.15, 0.2) is 53.0 Å². The standard InChI is InChI=1S/C15H16BrNO/c1-18-15-10-12(16)7-8-13(15)14(17)9-11-5-3-2-4-6-11/h2-8,10,14H,9,17H2,1H3. The van der Waals surface area contributed by atoms with Crippen LogP contribution in [0.3, 0.4) is 0 Å². The molecule has 0 fully saturated rings. The molecule has 94 valence electrons. The van der Waals surface area contributed by atoms with Crippen LogP contribution in [0.4, 0.5) is 0 Å². The highest BCUT2D eigenvalue weighted by Crippen LogP contribution is 2.29. The zero-order valence-electron chi connectivity index (χ0n) is 10.3. The van der Waals surface area contributed by atoms with E-state index in [9.17, 15) is 0 Å². The largest absolute Gasteiger partial charge is 0.496 e. The molecule has 0 radical (unpaired) electrons. The maximum Gasteiger partial charge on any atom is 0.124 e. The van der Waals surface area contributed by atoms with E-state index >= 15 is 0 Å². The molecule has 2 rings (SSSR count). The van der Waals surface area contributed by atoms with Crippen LogP contribution in [0.25, 0.3) is 0 Å². The van der Waals surface area contributed by atoms with Gasteiger partial charge in [-0.3, -0.25) is 0 Å². The fourth-order valence-electron chi connectivity index (χ4n) is 1.97. The highest BCUT2D eigenvalue weighted by Gasteiger charge is 2.12. The summed E-state index contributed by atoms with van der Waals surface area (Å²) in [6.07, 6.45) is 0.804. The molecule has 0 aliphatic rings. The number of hydrogen-bond donors (Lipinski definition) is 1. The Morgan fingerprint density at radius 2 is 1.89 bits per heavy atom. The van der Waals surface area contributed by atoms with Crippen LogP contribution in [0.1, 0.15) is 17.2 Å². The van der Waals surface area contributed by atoms with E-state index in [1.165, 1.54) is 5.56 Å². The molecule has 2 aromatic rings. The Balaban J connectivity index is 2.21. The molecular weight excluding hydrogens is 290 g/mol. The van der Waals surface area contributed by atoms with Crippen molar-refractivity contribution in [3.63, 3.8) is 0 Å². The van der Waals surface area contributed by atoms with Gasteiger partial charge in [0, 0.05) is 16.1 Å². The molecule has 1 atom stereocenters. The van der Waals surface area contributed by atoms with Crippen LogP contribution in [0.5, 0.6) is 5.75 Å². The van der Waals surface area contributed by atoms with Crippen LogP contribution < -0.4 is 10.5 Å². The summed E-state index contributed by atoms with van der Waals surface area (Å²) < 4.78 is 6.37. The quantitative estimate of drug-likeness (QED) is 0.935. The highest BCUT2D eigenvalue weighted by atomic mass is 79.9. The molecule has 2 N–H and O–H groups in total. The maximum absolute atomic E-state index is 6.26. The summed E-state index contributed by atoms with van der Waals surface area (Å²) in [6.45, 7) is 0. The van der Waals surface area contributed by atoms with Gasteiger partial charge >= 0.3 is 0 Å². The van der Waals surface area contributed by atoms with Crippen LogP contribution in [-0.4, -0.2) is 7.11 Å². The van der Waals surface area contributed by atoms with Gasteiger partial charge in [-0.1, -0.05) is 52.3 Å². The van der Waals surface area contributed by atoms with Crippen molar-refractivity contribution in [1.29, 1.82) is 0 Å². The predicted octanol–water partition coefficient (Wildman–Crippen LogP) is 3.70. The van der Waals surface area contributed by atoms with Gasteiger partial charge in [0.05, 0.1) is 7.11 Å². The molecule has 0 saturated carbocycles. The van der Waals surface area contributed by atoms with E-state index in [0.29, 0.717) is 0 Å². The normalized spacial score (nSPS) is 12.2. The van der Waals surface area contributed by atoms with Crippen molar-refractivity contribution in [3.8, 4) is 5.75 Å². The first-order valence-electron chi connectivity index (χ1n) is 5.83. The third kappa shape index (κ3) is 3.12. The minimum Gasteiger partial charge on any atom is -0.496 e. The molecule has 0 bridgehead atoms. The summed E-state index contributed by atoms with van der Waals surface area (Å²) >= 11 is 3.43. The first kappa shape index (κ1) is 13.1. The minimum atomic E-state index is -0.0598. The first-order chi connectivity index (χ1) is 8.70. The van der Waals surface area contributed by atoms with Crippen molar-refractivity contribution in [2.75, 3.05) is 7.11 Å². The van der Waals surface area contributed by atoms with Crippen molar-refractivity contribution < 1.29 is 4.74 Å². The lowest BCUT2D eigenvalue weighted by Crippen LogP contribution is -2.14. The average molecular weight is 306 g/mol. The van der Waals surface area contributed by atoms with E-state index in [4.69, 9.17) is 10.5 Å². The summed E-state index contributed by atoms with van der Waals surface area (Å²) in [6, 6.07) is 16.1. The van der Waals surface area contributed by atoms with Gasteiger partial charge in [0.15, 0.2) is 0 Å². The Morgan fingerprint density at radius 1 is 1.17 bits per heavy atom. The Morgan fingerprint density at radius 3 is 2.56 bits per heavy atom. The number of benzene rings is 2. The topological polar surface area (TPSA) is 35.2 Å². The average Bonchev–Trinajstić information content (AvgIpc) is 2.39. The zero-order valence-corrected chi connectivity index (χ0v) is 11.9. The molecule has 1 unspecified atom stereocenters. The Kier molecular flexibility index (Phi) is 4.39. The summed E-state index contributed by atoms with van der Waals surface area (Å²) in [5.41, 5.74) is 8.52. The molecule has 0 aliphatic heterocycles. The summed E-state index contributed by atoms with van der Waals surface area (Å²) in [7, 11) is 1.67. The molecule has 0 spiro atoms. The number of hydrogen-bond acceptors (Lipinski definition) is 2. The maximum atomic E-state index is 6.26. The van der Waals surface area contributed by atoms with Crippen molar-refractivity contribution in [2.24, 2.45) is 5.73 Å². The third-order valence-electron chi connectivity index (χ3n) is 2.89. The van der Waals surface area contributed by atoms with E-state index in [2.05, 4.69) is 28.1 Å². The smallest absolute Gasteiger partial charge is 0.124 e. The monoisotopic (exact) mass is 305 g/mol. The van der Waals surface area contributed by atoms with Gasteiger partial charge in [0.25, 0.3) is 0 Å². The zero-order chi connectivity index (χ0) is 13.0. The van der Waals surface area contributed by atoms with Crippen molar-refractivity contribution >= 4 is 15.9 Å². The van der Waals surface area contributed by atoms with Crippen LogP contribution >= 0.6 is 15.9 Å². The van der Waals surface area contributed by atoms with Gasteiger partial charge < -0.3 is 10.5 Å². The van der Waals surface area contributed by atoms with E-state index in [1.807, 2.05) is 36.4 Å². The fourth-order valence-corrected chi connectivity index (χ4v) is 2.31. The van der Waals surface area contributed by atoms with Gasteiger partial charge in [0.1, 0.15) is 5.75 Å². The molecule has 0 saturated heterocycles. The van der Waals surface area contributed by atoms with Crippen LogP contribution in [-0.2, 0) is 6.42 Å². The Bertz CT molecular complexity index is 513. The lowest BCUT2D eigenvalue weighted by atomic mass is 9.99. The molecular formula is C15H16BrNO. The molecule has 0 aliphatic carbocycles. The molecule has 0 heterocycles. The number of nitrogens with two attached hydrogens (primary N) is 1. The van der Waals surface area contributed by atoms with Crippen molar-refractivity contribution in [3.05, 3.63) is 64.1 Å². The minimum absolute atomic E-state index is 0.0598. The van der Waals surface area contributed by atoms with Gasteiger partial charge in [-0.05, 0) is 24.1 Å². The Hall–Kier alpha value is -1.32. The predicted molar refractivity (Wildman–Crippen MR) is 77.8 cm³/mol. The SMILES string of the molecule is COc1cc(Br)ccc1C(N)Cc1ccccc1. The molecule has 18 heavy (non-hydrogen) atoms.